The Balaban J connectivity index is 1.41. The van der Waals surface area contributed by atoms with E-state index < -0.39 is 0 Å². The summed E-state index contributed by atoms with van der Waals surface area (Å²) < 4.78 is 8.01. The molecule has 212 valence electrons. The average molecular weight is 590 g/mol. The highest BCUT2D eigenvalue weighted by Crippen LogP contribution is 2.42. The van der Waals surface area contributed by atoms with Crippen LogP contribution in [0.25, 0.3) is 16.7 Å². The molecule has 2 aromatic carbocycles. The van der Waals surface area contributed by atoms with Crippen molar-refractivity contribution < 1.29 is 9.53 Å². The van der Waals surface area contributed by atoms with Gasteiger partial charge in [-0.2, -0.15) is 5.10 Å². The molecule has 0 unspecified atom stereocenters. The van der Waals surface area contributed by atoms with Gasteiger partial charge < -0.3 is 10.1 Å². The number of nitrogens with one attached hydrogen (secondary N) is 1. The predicted octanol–water partition coefficient (Wildman–Crippen LogP) is 7.51. The summed E-state index contributed by atoms with van der Waals surface area (Å²) in [7, 11) is 1.96. The number of pyridine rings is 1. The van der Waals surface area contributed by atoms with E-state index in [-0.39, 0.29) is 5.91 Å². The van der Waals surface area contributed by atoms with Crippen LogP contribution >= 0.6 is 23.2 Å². The van der Waals surface area contributed by atoms with Crippen LogP contribution in [0, 0.1) is 27.7 Å². The van der Waals surface area contributed by atoms with Crippen LogP contribution in [0.4, 0.5) is 0 Å². The lowest BCUT2D eigenvalue weighted by Gasteiger charge is -2.13. The van der Waals surface area contributed by atoms with Gasteiger partial charge in [-0.1, -0.05) is 41.4 Å². The number of rotatable bonds is 9. The standard InChI is InChI=1S/C33H34Cl2N4O2/c1-19-14-24(15-20(2)32(19)35)41-13-7-10-26-25-8-6-9-27(31-21(3)38-39(5)22(31)4)28(25)17-29(26)33(40)37-18-23-11-12-36-30(34)16-23/h6,8-9,11-12,14-16H,7,10,13,17-18H2,1-5H3,(H,37,40). The molecule has 0 saturated heterocycles. The van der Waals surface area contributed by atoms with Crippen LogP contribution in [-0.4, -0.2) is 27.3 Å². The highest BCUT2D eigenvalue weighted by Gasteiger charge is 2.29. The minimum Gasteiger partial charge on any atom is -0.494 e. The summed E-state index contributed by atoms with van der Waals surface area (Å²) in [5.41, 5.74) is 11.4. The molecule has 8 heteroatoms. The van der Waals surface area contributed by atoms with Crippen LogP contribution in [0.15, 0.2) is 54.2 Å². The van der Waals surface area contributed by atoms with E-state index in [9.17, 15) is 4.79 Å². The van der Waals surface area contributed by atoms with Gasteiger partial charge in [0.15, 0.2) is 0 Å². The second-order valence-electron chi connectivity index (χ2n) is 10.6. The predicted molar refractivity (Wildman–Crippen MR) is 165 cm³/mol. The fraction of sp³-hybridized carbons (Fsp3) is 0.303. The van der Waals surface area contributed by atoms with Gasteiger partial charge in [0.1, 0.15) is 10.9 Å². The molecular weight excluding hydrogens is 555 g/mol. The van der Waals surface area contributed by atoms with Crippen molar-refractivity contribution in [3.63, 3.8) is 0 Å². The number of carbonyl (C=O) groups excluding carboxylic acids is 1. The Morgan fingerprint density at radius 1 is 1.05 bits per heavy atom. The molecule has 1 aliphatic rings. The SMILES string of the molecule is Cc1cc(OCCCC2=C(C(=O)NCc3ccnc(Cl)c3)Cc3c2cccc3-c2c(C)nn(C)c2C)cc(C)c1Cl. The summed E-state index contributed by atoms with van der Waals surface area (Å²) in [5.74, 6) is 0.739. The first-order valence-electron chi connectivity index (χ1n) is 13.8. The van der Waals surface area contributed by atoms with Gasteiger partial charge in [-0.05, 0) is 104 Å². The van der Waals surface area contributed by atoms with Crippen molar-refractivity contribution in [1.29, 1.82) is 0 Å². The fourth-order valence-corrected chi connectivity index (χ4v) is 5.98. The third kappa shape index (κ3) is 6.04. The number of amides is 1. The normalized spacial score (nSPS) is 12.6. The number of hydrogen-bond donors (Lipinski definition) is 1. The lowest BCUT2D eigenvalue weighted by molar-refractivity contribution is -0.117. The maximum absolute atomic E-state index is 13.7. The van der Waals surface area contributed by atoms with E-state index in [2.05, 4.69) is 40.5 Å². The fourth-order valence-electron chi connectivity index (χ4n) is 5.68. The van der Waals surface area contributed by atoms with Gasteiger partial charge in [0, 0.05) is 48.1 Å². The summed E-state index contributed by atoms with van der Waals surface area (Å²) in [6, 6.07) is 13.9. The Bertz CT molecular complexity index is 1650. The molecular formula is C33H34Cl2N4O2. The molecule has 2 aromatic heterocycles. The van der Waals surface area contributed by atoms with Gasteiger partial charge >= 0.3 is 0 Å². The van der Waals surface area contributed by atoms with E-state index in [0.717, 1.165) is 79.5 Å². The Labute approximate surface area is 251 Å². The molecule has 6 nitrogen and oxygen atoms in total. The first kappa shape index (κ1) is 28.9. The molecule has 0 spiro atoms. The average Bonchev–Trinajstić information content (AvgIpc) is 3.44. The van der Waals surface area contributed by atoms with E-state index in [1.165, 1.54) is 5.56 Å². The third-order valence-electron chi connectivity index (χ3n) is 7.77. The number of halogens is 2. The van der Waals surface area contributed by atoms with Gasteiger partial charge in [-0.3, -0.25) is 9.48 Å². The zero-order chi connectivity index (χ0) is 29.3. The Kier molecular flexibility index (Phi) is 8.52. The minimum atomic E-state index is -0.0698. The van der Waals surface area contributed by atoms with Crippen LogP contribution in [0.1, 0.15) is 52.0 Å². The zero-order valence-corrected chi connectivity index (χ0v) is 25.6. The number of nitrogens with zero attached hydrogens (tertiary/aromatic N) is 3. The molecule has 1 aliphatic carbocycles. The minimum absolute atomic E-state index is 0.0698. The lowest BCUT2D eigenvalue weighted by atomic mass is 9.93. The first-order chi connectivity index (χ1) is 19.6. The van der Waals surface area contributed by atoms with Crippen molar-refractivity contribution in [2.75, 3.05) is 6.61 Å². The van der Waals surface area contributed by atoms with Gasteiger partial charge in [0.2, 0.25) is 5.91 Å². The van der Waals surface area contributed by atoms with Crippen LogP contribution in [0.5, 0.6) is 5.75 Å². The summed E-state index contributed by atoms with van der Waals surface area (Å²) >= 11 is 12.4. The van der Waals surface area contributed by atoms with Crippen molar-refractivity contribution in [2.24, 2.45) is 7.05 Å². The second kappa shape index (κ2) is 12.1. The highest BCUT2D eigenvalue weighted by molar-refractivity contribution is 6.32. The molecule has 0 aliphatic heterocycles. The molecule has 1 N–H and O–H groups in total. The number of aryl methyl sites for hydroxylation is 4. The van der Waals surface area contributed by atoms with Crippen molar-refractivity contribution in [3.05, 3.63) is 104 Å². The quantitative estimate of drug-likeness (QED) is 0.162. The molecule has 0 radical (unpaired) electrons. The van der Waals surface area contributed by atoms with E-state index in [4.69, 9.17) is 27.9 Å². The summed E-state index contributed by atoms with van der Waals surface area (Å²) in [6.45, 7) is 9.00. The largest absolute Gasteiger partial charge is 0.494 e. The van der Waals surface area contributed by atoms with Crippen molar-refractivity contribution in [1.82, 2.24) is 20.1 Å². The summed E-state index contributed by atoms with van der Waals surface area (Å²) in [4.78, 5) is 17.7. The molecule has 0 fully saturated rings. The van der Waals surface area contributed by atoms with Crippen LogP contribution in [0.2, 0.25) is 10.2 Å². The summed E-state index contributed by atoms with van der Waals surface area (Å²) in [6.07, 6.45) is 3.70. The first-order valence-corrected chi connectivity index (χ1v) is 14.5. The Morgan fingerprint density at radius 2 is 1.78 bits per heavy atom. The second-order valence-corrected chi connectivity index (χ2v) is 11.4. The van der Waals surface area contributed by atoms with Gasteiger partial charge in [0.25, 0.3) is 0 Å². The molecule has 2 heterocycles. The van der Waals surface area contributed by atoms with E-state index in [1.54, 1.807) is 12.3 Å². The number of hydrogen-bond acceptors (Lipinski definition) is 4. The number of ether oxygens (including phenoxy) is 1. The number of allylic oxidation sites excluding steroid dienone is 1. The summed E-state index contributed by atoms with van der Waals surface area (Å²) in [5, 5.41) is 8.93. The number of carbonyl (C=O) groups is 1. The molecule has 0 atom stereocenters. The molecule has 0 bridgehead atoms. The Hall–Kier alpha value is -3.61. The lowest BCUT2D eigenvalue weighted by Crippen LogP contribution is -2.25. The van der Waals surface area contributed by atoms with Crippen LogP contribution in [-0.2, 0) is 24.8 Å². The number of fused-ring (bicyclic) bond motifs is 1. The molecule has 41 heavy (non-hydrogen) atoms. The molecule has 5 rings (SSSR count). The number of benzene rings is 2. The molecule has 0 saturated carbocycles. The highest BCUT2D eigenvalue weighted by atomic mass is 35.5. The maximum Gasteiger partial charge on any atom is 0.248 e. The molecule has 1 amide bonds. The third-order valence-corrected chi connectivity index (χ3v) is 8.57. The van der Waals surface area contributed by atoms with Crippen molar-refractivity contribution in [2.45, 2.75) is 53.5 Å². The van der Waals surface area contributed by atoms with E-state index >= 15 is 0 Å². The van der Waals surface area contributed by atoms with Gasteiger partial charge in [-0.15, -0.1) is 0 Å². The molecule has 4 aromatic rings. The number of aromatic nitrogens is 3. The van der Waals surface area contributed by atoms with Gasteiger partial charge in [0.05, 0.1) is 12.3 Å². The van der Waals surface area contributed by atoms with E-state index in [1.807, 2.05) is 50.7 Å². The smallest absolute Gasteiger partial charge is 0.248 e. The maximum atomic E-state index is 13.7. The zero-order valence-electron chi connectivity index (χ0n) is 24.1. The van der Waals surface area contributed by atoms with Crippen LogP contribution in [0.3, 0.4) is 0 Å². The topological polar surface area (TPSA) is 69.0 Å². The van der Waals surface area contributed by atoms with E-state index in [0.29, 0.717) is 24.7 Å². The monoisotopic (exact) mass is 588 g/mol. The van der Waals surface area contributed by atoms with Crippen LogP contribution < -0.4 is 10.1 Å². The Morgan fingerprint density at radius 3 is 2.46 bits per heavy atom. The van der Waals surface area contributed by atoms with Crippen molar-refractivity contribution >= 4 is 34.7 Å². The van der Waals surface area contributed by atoms with Gasteiger partial charge in [-0.25, -0.2) is 4.98 Å². The van der Waals surface area contributed by atoms with Crippen molar-refractivity contribution in [3.8, 4) is 16.9 Å².